The van der Waals surface area contributed by atoms with Crippen molar-refractivity contribution < 1.29 is 95.4 Å². The van der Waals surface area contributed by atoms with E-state index in [1.54, 1.807) is 24.3 Å². The Morgan fingerprint density at radius 1 is 0.339 bits per heavy atom. The Bertz CT molecular complexity index is 4010. The molecular formula is C98H134O20. The zero-order valence-corrected chi connectivity index (χ0v) is 72.8. The Hall–Kier alpha value is -8.68. The molecule has 20 heteroatoms. The number of hydrogen-bond donors (Lipinski definition) is 0. The van der Waals surface area contributed by atoms with Crippen LogP contribution in [0.4, 0.5) is 0 Å². The Kier molecular flexibility index (Phi) is 36.2. The van der Waals surface area contributed by atoms with Gasteiger partial charge in [-0.1, -0.05) is 140 Å². The lowest BCUT2D eigenvalue weighted by molar-refractivity contribution is -0.158. The zero-order chi connectivity index (χ0) is 85.9. The first-order valence-electron chi connectivity index (χ1n) is 43.9. The van der Waals surface area contributed by atoms with E-state index in [1.807, 2.05) is 52.0 Å². The third-order valence-electron chi connectivity index (χ3n) is 24.6. The summed E-state index contributed by atoms with van der Waals surface area (Å²) in [4.78, 5) is 149. The number of carbonyl (C=O) groups excluding carboxylic acids is 12. The second-order valence-electron chi connectivity index (χ2n) is 36.1. The van der Waals surface area contributed by atoms with Crippen molar-refractivity contribution in [3.8, 4) is 0 Å². The van der Waals surface area contributed by atoms with Gasteiger partial charge in [-0.05, 0) is 252 Å². The molecule has 0 aromatic rings. The minimum Gasteiger partial charge on any atom is -0.458 e. The number of esters is 8. The standard InChI is InChI=1S/C29H44O5.C24H32O5.C23H30O5.C22H28O5/c1-5-6-7-8-9-10-11-12-16-27(31)33-24-17-18-25(30)29(20-24)21-28(32)34-26(29)19-23(4)15-13-14-22(2)3;1-16(2)7-6-8-17(3)13-21-24(15-22(26)29-21)14-19(11-12-20(24)25)28-23(27)18-9-4-5-10-18;1-15(2)6-4-7-16(3)12-20-23(14-21(25)28-20)13-18(10-11-19(23)24)27-22(26)17-8-5-9-17;1-14(2)5-4-6-15(3)11-19-22(13-20(24)27-19)12-17(9-10-18(22)23)26-21(25)16-7-8-16/h14,17-19,24,26H,5-13,15-16,20-21H2,1-4H3;7,11-13,18-19,21H,4-6,8-10,14-15H2,1-3H3;6,10-12,17-18,20H,4-5,7-9,13-14H2,1-3H3;5,9-11,16-17,19H,4,6-8,12-13H2,1-3H3/b23-19+;17-13+;16-12+;15-11+/t24-,26-,29?;19-,21-,24?;18-,20-,23?;17-,19-,22?/m1111/s1. The second-order valence-corrected chi connectivity index (χ2v) is 36.1. The average Bonchev–Trinajstić information content (AvgIpc) is 1.61. The summed E-state index contributed by atoms with van der Waals surface area (Å²) in [5.41, 5.74) is 5.53. The maximum Gasteiger partial charge on any atom is 0.309 e. The molecule has 118 heavy (non-hydrogen) atoms. The summed E-state index contributed by atoms with van der Waals surface area (Å²) >= 11 is 0. The van der Waals surface area contributed by atoms with Crippen molar-refractivity contribution >= 4 is 70.9 Å². The summed E-state index contributed by atoms with van der Waals surface area (Å²) in [6.45, 7) is 26.7. The molecule has 12 atom stereocenters. The largest absolute Gasteiger partial charge is 0.458 e. The monoisotopic (exact) mass is 1630 g/mol. The lowest BCUT2D eigenvalue weighted by Crippen LogP contribution is -2.44. The molecule has 3 saturated carbocycles. The van der Waals surface area contributed by atoms with Crippen molar-refractivity contribution in [3.05, 3.63) is 142 Å². The average molecular weight is 1630 g/mol. The van der Waals surface area contributed by atoms with Crippen molar-refractivity contribution in [1.82, 2.24) is 0 Å². The van der Waals surface area contributed by atoms with Crippen LogP contribution in [0.1, 0.15) is 308 Å². The molecule has 4 saturated heterocycles. The van der Waals surface area contributed by atoms with Crippen molar-refractivity contribution in [2.24, 2.45) is 39.4 Å². The lowest BCUT2D eigenvalue weighted by Gasteiger charge is -2.35. The van der Waals surface area contributed by atoms with Gasteiger partial charge in [0.25, 0.3) is 0 Å². The predicted octanol–water partition coefficient (Wildman–Crippen LogP) is 19.6. The van der Waals surface area contributed by atoms with Crippen LogP contribution in [0.15, 0.2) is 142 Å². The van der Waals surface area contributed by atoms with Crippen LogP contribution >= 0.6 is 0 Å². The first-order valence-corrected chi connectivity index (χ1v) is 43.9. The number of ketones is 4. The molecule has 0 bridgehead atoms. The van der Waals surface area contributed by atoms with Gasteiger partial charge in [0.2, 0.25) is 0 Å². The van der Waals surface area contributed by atoms with Gasteiger partial charge < -0.3 is 37.9 Å². The van der Waals surface area contributed by atoms with Crippen LogP contribution < -0.4 is 0 Å². The summed E-state index contributed by atoms with van der Waals surface area (Å²) in [6, 6.07) is 0. The third kappa shape index (κ3) is 27.7. The Morgan fingerprint density at radius 3 is 0.847 bits per heavy atom. The lowest BCUT2D eigenvalue weighted by atomic mass is 9.69. The van der Waals surface area contributed by atoms with Gasteiger partial charge in [-0.3, -0.25) is 57.5 Å². The highest BCUT2D eigenvalue weighted by atomic mass is 16.6. The molecule has 0 amide bonds. The number of unbranched alkanes of at least 4 members (excludes halogenated alkanes) is 7. The maximum atomic E-state index is 12.9. The molecule has 0 aromatic carbocycles. The predicted molar refractivity (Wildman–Crippen MR) is 451 cm³/mol. The molecule has 0 N–H and O–H groups in total. The number of allylic oxidation sites excluding steroid dienone is 16. The van der Waals surface area contributed by atoms with Crippen LogP contribution in [0.2, 0.25) is 0 Å². The molecule has 0 aromatic heterocycles. The molecule has 11 rings (SSSR count). The van der Waals surface area contributed by atoms with E-state index in [0.717, 1.165) is 151 Å². The fraction of sp³-hybridized carbons (Fsp3) is 0.633. The highest BCUT2D eigenvalue weighted by molar-refractivity contribution is 6.03. The molecule has 7 fully saturated rings. The van der Waals surface area contributed by atoms with E-state index in [4.69, 9.17) is 37.9 Å². The Labute approximate surface area is 701 Å². The molecular weight excluding hydrogens is 1500 g/mol. The smallest absolute Gasteiger partial charge is 0.309 e. The van der Waals surface area contributed by atoms with E-state index in [1.165, 1.54) is 78.7 Å². The van der Waals surface area contributed by atoms with Gasteiger partial charge in [0.05, 0.1) is 65.1 Å². The van der Waals surface area contributed by atoms with E-state index in [2.05, 4.69) is 86.6 Å². The van der Waals surface area contributed by atoms with Crippen molar-refractivity contribution in [3.63, 3.8) is 0 Å². The van der Waals surface area contributed by atoms with Gasteiger partial charge >= 0.3 is 47.8 Å². The molecule has 4 aliphatic heterocycles. The molecule has 4 spiro atoms. The normalized spacial score (nSPS) is 28.5. The maximum absolute atomic E-state index is 12.9. The van der Waals surface area contributed by atoms with E-state index >= 15 is 0 Å². The van der Waals surface area contributed by atoms with Crippen LogP contribution in [-0.4, -0.2) is 120 Å². The van der Waals surface area contributed by atoms with Gasteiger partial charge in [0, 0.05) is 32.1 Å². The zero-order valence-electron chi connectivity index (χ0n) is 72.8. The fourth-order valence-electron chi connectivity index (χ4n) is 17.1. The van der Waals surface area contributed by atoms with E-state index < -0.39 is 70.5 Å². The summed E-state index contributed by atoms with van der Waals surface area (Å²) in [5.74, 6) is -2.82. The number of hydrogen-bond acceptors (Lipinski definition) is 20. The number of ether oxygens (including phenoxy) is 8. The topological polar surface area (TPSA) is 279 Å². The van der Waals surface area contributed by atoms with Crippen LogP contribution in [0.25, 0.3) is 0 Å². The van der Waals surface area contributed by atoms with Crippen LogP contribution in [0, 0.1) is 39.4 Å². The second kappa shape index (κ2) is 45.1. The molecule has 11 aliphatic rings. The van der Waals surface area contributed by atoms with Gasteiger partial charge in [0.15, 0.2) is 23.1 Å². The third-order valence-corrected chi connectivity index (χ3v) is 24.6. The van der Waals surface area contributed by atoms with E-state index in [-0.39, 0.29) is 114 Å². The van der Waals surface area contributed by atoms with Crippen LogP contribution in [-0.2, 0) is 95.4 Å². The molecule has 7 aliphatic carbocycles. The first-order chi connectivity index (χ1) is 56.2. The SMILES string of the molecule is CC(C)=CCC/C(C)=C/[C@H]1OC(=O)CC12C[C@H](OC(=O)C1CC1)C=CC2=O.CC(C)=CCC/C(C)=C/[C@H]1OC(=O)CC12C[C@H](OC(=O)C1CCC1)C=CC2=O.CC(C)=CCC/C(C)=C/[C@H]1OC(=O)CC12C[C@H](OC(=O)C1CCCC1)C=CC2=O.CCCCCCCCCCC(=O)O[C@@H]1C=CC(=O)C2(CC(=O)O[C@@H]2/C=C(\C)CCC=C(C)C)C1. The molecule has 4 heterocycles. The highest BCUT2D eigenvalue weighted by Gasteiger charge is 2.59. The minimum absolute atomic E-state index is 0.00134. The van der Waals surface area contributed by atoms with Gasteiger partial charge in [0.1, 0.15) is 48.8 Å². The Morgan fingerprint density at radius 2 is 0.593 bits per heavy atom. The van der Waals surface area contributed by atoms with Crippen molar-refractivity contribution in [2.75, 3.05) is 0 Å². The summed E-state index contributed by atoms with van der Waals surface area (Å²) in [7, 11) is 0. The van der Waals surface area contributed by atoms with Crippen LogP contribution in [0.3, 0.4) is 0 Å². The molecule has 0 radical (unpaired) electrons. The van der Waals surface area contributed by atoms with Gasteiger partial charge in [-0.25, -0.2) is 0 Å². The number of cyclic esters (lactones) is 4. The van der Waals surface area contributed by atoms with E-state index in [9.17, 15) is 57.5 Å². The molecule has 20 nitrogen and oxygen atoms in total. The Balaban J connectivity index is 0.000000197. The summed E-state index contributed by atoms with van der Waals surface area (Å²) < 4.78 is 44.8. The summed E-state index contributed by atoms with van der Waals surface area (Å²) in [6.07, 6.45) is 50.9. The van der Waals surface area contributed by atoms with E-state index in [0.29, 0.717) is 32.1 Å². The fourth-order valence-corrected chi connectivity index (χ4v) is 17.1. The summed E-state index contributed by atoms with van der Waals surface area (Å²) in [5, 5.41) is 0. The van der Waals surface area contributed by atoms with Gasteiger partial charge in [-0.2, -0.15) is 0 Å². The first kappa shape index (κ1) is 94.8. The number of rotatable bonds is 32. The minimum atomic E-state index is -0.979. The molecule has 4 unspecified atom stereocenters. The quantitative estimate of drug-likeness (QED) is 0.0262. The highest BCUT2D eigenvalue weighted by Crippen LogP contribution is 2.50. The number of carbonyl (C=O) groups is 12. The van der Waals surface area contributed by atoms with Crippen molar-refractivity contribution in [1.29, 1.82) is 0 Å². The van der Waals surface area contributed by atoms with Crippen LogP contribution in [0.5, 0.6) is 0 Å². The molecule has 646 valence electrons. The van der Waals surface area contributed by atoms with Crippen molar-refractivity contribution in [2.45, 2.75) is 357 Å². The van der Waals surface area contributed by atoms with Gasteiger partial charge in [-0.15, -0.1) is 0 Å².